The lowest BCUT2D eigenvalue weighted by Crippen LogP contribution is -2.44. The molecule has 31 heavy (non-hydrogen) atoms. The van der Waals surface area contributed by atoms with Crippen molar-refractivity contribution in [3.05, 3.63) is 59.4 Å². The number of alkyl halides is 3. The third-order valence-corrected chi connectivity index (χ3v) is 5.08. The molecule has 0 atom stereocenters. The maximum absolute atomic E-state index is 13.2. The van der Waals surface area contributed by atoms with Crippen LogP contribution < -0.4 is 16.0 Å². The monoisotopic (exact) mass is 548 g/mol. The van der Waals surface area contributed by atoms with Crippen molar-refractivity contribution in [1.82, 2.24) is 15.2 Å². The van der Waals surface area contributed by atoms with Crippen LogP contribution in [-0.4, -0.2) is 55.6 Å². The van der Waals surface area contributed by atoms with E-state index in [2.05, 4.69) is 25.1 Å². The molecular formula is C21H28F3IN6. The zero-order chi connectivity index (χ0) is 21.6. The van der Waals surface area contributed by atoms with Crippen molar-refractivity contribution < 1.29 is 13.2 Å². The van der Waals surface area contributed by atoms with Crippen LogP contribution in [0.5, 0.6) is 0 Å². The molecule has 1 saturated heterocycles. The van der Waals surface area contributed by atoms with Crippen LogP contribution in [0.15, 0.2) is 47.6 Å². The first-order chi connectivity index (χ1) is 14.3. The molecule has 3 rings (SSSR count). The minimum atomic E-state index is -4.40. The van der Waals surface area contributed by atoms with Gasteiger partial charge in [0.05, 0.1) is 12.1 Å². The van der Waals surface area contributed by atoms with E-state index in [1.807, 2.05) is 25.2 Å². The van der Waals surface area contributed by atoms with Gasteiger partial charge in [0.1, 0.15) is 0 Å². The van der Waals surface area contributed by atoms with Crippen molar-refractivity contribution in [2.75, 3.05) is 44.7 Å². The van der Waals surface area contributed by atoms with Crippen LogP contribution in [0.2, 0.25) is 0 Å². The van der Waals surface area contributed by atoms with E-state index in [0.29, 0.717) is 18.5 Å². The summed E-state index contributed by atoms with van der Waals surface area (Å²) in [6.07, 6.45) is -2.00. The standard InChI is InChI=1S/C21H27F3N6.HI/c1-29-10-12-30(13-11-29)19-6-5-17(21(22,23)24)14-16(19)15-28-20(25)27-9-7-18-4-2-3-8-26-18;/h2-6,8,14H,7,9-13,15H2,1H3,(H3,25,27,28);1H. The Hall–Kier alpha value is -2.08. The highest BCUT2D eigenvalue weighted by molar-refractivity contribution is 14.0. The Morgan fingerprint density at radius 1 is 1.16 bits per heavy atom. The molecule has 3 N–H and O–H groups in total. The van der Waals surface area contributed by atoms with Gasteiger partial charge in [0.25, 0.3) is 0 Å². The Morgan fingerprint density at radius 2 is 1.90 bits per heavy atom. The summed E-state index contributed by atoms with van der Waals surface area (Å²) < 4.78 is 39.7. The summed E-state index contributed by atoms with van der Waals surface area (Å²) in [5, 5.41) is 3.00. The first-order valence-electron chi connectivity index (χ1n) is 9.90. The van der Waals surface area contributed by atoms with E-state index in [1.54, 1.807) is 12.3 Å². The molecule has 1 aromatic heterocycles. The Balaban J connectivity index is 0.00000341. The number of rotatable bonds is 6. The van der Waals surface area contributed by atoms with Crippen molar-refractivity contribution in [2.45, 2.75) is 19.1 Å². The molecule has 0 radical (unpaired) electrons. The third kappa shape index (κ3) is 7.53. The molecule has 0 amide bonds. The summed E-state index contributed by atoms with van der Waals surface area (Å²) in [4.78, 5) is 12.8. The van der Waals surface area contributed by atoms with E-state index in [1.165, 1.54) is 6.07 Å². The highest BCUT2D eigenvalue weighted by Crippen LogP contribution is 2.33. The fourth-order valence-corrected chi connectivity index (χ4v) is 3.34. The molecule has 1 aliphatic rings. The molecule has 1 fully saturated rings. The number of piperazine rings is 1. The number of nitrogens with zero attached hydrogens (tertiary/aromatic N) is 4. The van der Waals surface area contributed by atoms with E-state index >= 15 is 0 Å². The number of hydrogen-bond donors (Lipinski definition) is 2. The fraction of sp³-hybridized carbons (Fsp3) is 0.429. The lowest BCUT2D eigenvalue weighted by molar-refractivity contribution is -0.137. The average Bonchev–Trinajstić information content (AvgIpc) is 2.73. The molecule has 1 aliphatic heterocycles. The van der Waals surface area contributed by atoms with Gasteiger partial charge in [-0.15, -0.1) is 24.0 Å². The molecule has 0 aliphatic carbocycles. The van der Waals surface area contributed by atoms with Gasteiger partial charge in [0, 0.05) is 56.7 Å². The second-order valence-electron chi connectivity index (χ2n) is 7.33. The van der Waals surface area contributed by atoms with Crippen LogP contribution in [0, 0.1) is 0 Å². The summed E-state index contributed by atoms with van der Waals surface area (Å²) >= 11 is 0. The molecular weight excluding hydrogens is 520 g/mol. The third-order valence-electron chi connectivity index (χ3n) is 5.08. The van der Waals surface area contributed by atoms with E-state index in [0.717, 1.165) is 43.6 Å². The number of aromatic nitrogens is 1. The first-order valence-corrected chi connectivity index (χ1v) is 9.90. The van der Waals surface area contributed by atoms with Crippen molar-refractivity contribution in [3.8, 4) is 0 Å². The Morgan fingerprint density at radius 3 is 2.55 bits per heavy atom. The first kappa shape index (κ1) is 25.2. The summed E-state index contributed by atoms with van der Waals surface area (Å²) in [7, 11) is 2.03. The number of likely N-dealkylation sites (N-methyl/N-ethyl adjacent to an activating group) is 1. The lowest BCUT2D eigenvalue weighted by atomic mass is 10.1. The zero-order valence-corrected chi connectivity index (χ0v) is 19.7. The molecule has 0 saturated carbocycles. The molecule has 1 aromatic carbocycles. The Kier molecular flexibility index (Phi) is 9.35. The highest BCUT2D eigenvalue weighted by Gasteiger charge is 2.31. The molecule has 0 bridgehead atoms. The second kappa shape index (κ2) is 11.5. The summed E-state index contributed by atoms with van der Waals surface area (Å²) in [6, 6.07) is 9.53. The molecule has 2 aromatic rings. The number of guanidine groups is 1. The Labute approximate surface area is 197 Å². The van der Waals surface area contributed by atoms with Crippen LogP contribution in [0.1, 0.15) is 16.8 Å². The maximum atomic E-state index is 13.2. The smallest absolute Gasteiger partial charge is 0.370 e. The minimum Gasteiger partial charge on any atom is -0.370 e. The van der Waals surface area contributed by atoms with Gasteiger partial charge in [-0.05, 0) is 42.9 Å². The number of aliphatic imine (C=N–C) groups is 1. The molecule has 2 heterocycles. The predicted octanol–water partition coefficient (Wildman–Crippen LogP) is 3.12. The van der Waals surface area contributed by atoms with Crippen molar-refractivity contribution in [3.63, 3.8) is 0 Å². The van der Waals surface area contributed by atoms with Gasteiger partial charge in [-0.3, -0.25) is 4.98 Å². The SMILES string of the molecule is CN1CCN(c2ccc(C(F)(F)F)cc2CN=C(N)NCCc2ccccn2)CC1.I. The van der Waals surface area contributed by atoms with Crippen molar-refractivity contribution in [1.29, 1.82) is 0 Å². The van der Waals surface area contributed by atoms with Gasteiger partial charge in [-0.25, -0.2) is 4.99 Å². The highest BCUT2D eigenvalue weighted by atomic mass is 127. The number of benzene rings is 1. The van der Waals surface area contributed by atoms with Crippen LogP contribution in [0.3, 0.4) is 0 Å². The van der Waals surface area contributed by atoms with Crippen LogP contribution in [0.25, 0.3) is 0 Å². The maximum Gasteiger partial charge on any atom is 0.416 e. The molecule has 170 valence electrons. The van der Waals surface area contributed by atoms with E-state index < -0.39 is 11.7 Å². The van der Waals surface area contributed by atoms with Crippen LogP contribution in [-0.2, 0) is 19.1 Å². The predicted molar refractivity (Wildman–Crippen MR) is 128 cm³/mol. The van der Waals surface area contributed by atoms with Crippen molar-refractivity contribution in [2.24, 2.45) is 10.7 Å². The van der Waals surface area contributed by atoms with Crippen LogP contribution in [0.4, 0.5) is 18.9 Å². The molecule has 0 spiro atoms. The summed E-state index contributed by atoms with van der Waals surface area (Å²) in [5.41, 5.74) is 7.48. The van der Waals surface area contributed by atoms with Gasteiger partial charge in [0.15, 0.2) is 5.96 Å². The minimum absolute atomic E-state index is 0. The number of halogens is 4. The number of anilines is 1. The number of nitrogens with two attached hydrogens (primary N) is 1. The number of nitrogens with one attached hydrogen (secondary N) is 1. The Bertz CT molecular complexity index is 852. The number of hydrogen-bond acceptors (Lipinski definition) is 4. The van der Waals surface area contributed by atoms with Gasteiger partial charge in [-0.1, -0.05) is 6.07 Å². The van der Waals surface area contributed by atoms with E-state index in [4.69, 9.17) is 5.73 Å². The van der Waals surface area contributed by atoms with Gasteiger partial charge < -0.3 is 20.9 Å². The van der Waals surface area contributed by atoms with E-state index in [-0.39, 0.29) is 36.5 Å². The molecule has 0 unspecified atom stereocenters. The van der Waals surface area contributed by atoms with Crippen molar-refractivity contribution >= 4 is 35.6 Å². The fourth-order valence-electron chi connectivity index (χ4n) is 3.34. The van der Waals surface area contributed by atoms with Gasteiger partial charge >= 0.3 is 6.18 Å². The molecule has 6 nitrogen and oxygen atoms in total. The van der Waals surface area contributed by atoms with Gasteiger partial charge in [0.2, 0.25) is 0 Å². The van der Waals surface area contributed by atoms with E-state index in [9.17, 15) is 13.2 Å². The summed E-state index contributed by atoms with van der Waals surface area (Å²) in [5.74, 6) is 0.202. The quantitative estimate of drug-likeness (QED) is 0.330. The second-order valence-corrected chi connectivity index (χ2v) is 7.33. The summed E-state index contributed by atoms with van der Waals surface area (Å²) in [6.45, 7) is 3.86. The average molecular weight is 548 g/mol. The largest absolute Gasteiger partial charge is 0.416 e. The topological polar surface area (TPSA) is 69.8 Å². The zero-order valence-electron chi connectivity index (χ0n) is 17.4. The van der Waals surface area contributed by atoms with Crippen LogP contribution >= 0.6 is 24.0 Å². The number of pyridine rings is 1. The molecule has 10 heteroatoms. The normalized spacial score (nSPS) is 15.5. The van der Waals surface area contributed by atoms with Gasteiger partial charge in [-0.2, -0.15) is 13.2 Å². The lowest BCUT2D eigenvalue weighted by Gasteiger charge is -2.35.